The summed E-state index contributed by atoms with van der Waals surface area (Å²) in [5.41, 5.74) is 0. The van der Waals surface area contributed by atoms with Crippen LogP contribution in [-0.4, -0.2) is 32.7 Å². The maximum absolute atomic E-state index is 12.2. The van der Waals surface area contributed by atoms with Gasteiger partial charge in [-0.05, 0) is 25.2 Å². The summed E-state index contributed by atoms with van der Waals surface area (Å²) in [7, 11) is -3.37. The fraction of sp³-hybridized carbons (Fsp3) is 0.923. The predicted octanol–water partition coefficient (Wildman–Crippen LogP) is 1.40. The first-order valence-electron chi connectivity index (χ1n) is 7.05. The van der Waals surface area contributed by atoms with E-state index in [0.717, 1.165) is 31.9 Å². The molecular formula is C13H26N2O3S. The maximum Gasteiger partial charge on any atom is 0.238 e. The van der Waals surface area contributed by atoms with Crippen LogP contribution >= 0.6 is 0 Å². The lowest BCUT2D eigenvalue weighted by molar-refractivity contribution is -0.124. The van der Waals surface area contributed by atoms with Gasteiger partial charge in [0.1, 0.15) is 6.04 Å². The molecule has 1 amide bonds. The molecule has 112 valence electrons. The summed E-state index contributed by atoms with van der Waals surface area (Å²) in [6.07, 6.45) is 7.11. The van der Waals surface area contributed by atoms with E-state index in [9.17, 15) is 13.2 Å². The van der Waals surface area contributed by atoms with E-state index in [2.05, 4.69) is 10.0 Å². The lowest BCUT2D eigenvalue weighted by Gasteiger charge is -2.26. The van der Waals surface area contributed by atoms with Crippen molar-refractivity contribution >= 4 is 15.9 Å². The molecule has 0 saturated heterocycles. The molecule has 0 aromatic carbocycles. The van der Waals surface area contributed by atoms with Gasteiger partial charge in [-0.2, -0.15) is 0 Å². The Morgan fingerprint density at radius 1 is 1.21 bits per heavy atom. The number of carbonyl (C=O) groups excluding carboxylic acids is 1. The van der Waals surface area contributed by atoms with Crippen molar-refractivity contribution in [2.75, 3.05) is 6.26 Å². The lowest BCUT2D eigenvalue weighted by Crippen LogP contribution is -2.50. The van der Waals surface area contributed by atoms with Crippen LogP contribution in [0.3, 0.4) is 0 Å². The predicted molar refractivity (Wildman–Crippen MR) is 76.2 cm³/mol. The Balaban J connectivity index is 2.59. The monoisotopic (exact) mass is 290 g/mol. The van der Waals surface area contributed by atoms with Crippen LogP contribution in [0.1, 0.15) is 52.4 Å². The van der Waals surface area contributed by atoms with Gasteiger partial charge < -0.3 is 5.32 Å². The first-order chi connectivity index (χ1) is 8.78. The standard InChI is InChI=1S/C13H26N2O3S/c1-10(2)9-12(15-19(3,17)18)13(16)14-11-7-5-4-6-8-11/h10-12,15H,4-9H2,1-3H3,(H,14,16)/t12-/m1/s1. The number of hydrogen-bond acceptors (Lipinski definition) is 3. The Labute approximate surface area is 116 Å². The molecule has 0 aliphatic heterocycles. The molecule has 0 spiro atoms. The van der Waals surface area contributed by atoms with Crippen LogP contribution in [0.25, 0.3) is 0 Å². The van der Waals surface area contributed by atoms with Crippen molar-refractivity contribution in [2.24, 2.45) is 5.92 Å². The molecule has 0 aromatic rings. The van der Waals surface area contributed by atoms with Gasteiger partial charge in [-0.1, -0.05) is 33.1 Å². The summed E-state index contributed by atoms with van der Waals surface area (Å²) >= 11 is 0. The number of carbonyl (C=O) groups is 1. The topological polar surface area (TPSA) is 75.3 Å². The zero-order valence-corrected chi connectivity index (χ0v) is 12.9. The zero-order chi connectivity index (χ0) is 14.5. The average Bonchev–Trinajstić information content (AvgIpc) is 2.27. The third-order valence-electron chi connectivity index (χ3n) is 3.33. The highest BCUT2D eigenvalue weighted by Crippen LogP contribution is 2.18. The molecule has 1 saturated carbocycles. The average molecular weight is 290 g/mol. The minimum Gasteiger partial charge on any atom is -0.352 e. The van der Waals surface area contributed by atoms with Gasteiger partial charge in [0, 0.05) is 6.04 Å². The van der Waals surface area contributed by atoms with Crippen LogP contribution in [0.2, 0.25) is 0 Å². The summed E-state index contributed by atoms with van der Waals surface area (Å²) < 4.78 is 25.1. The molecule has 1 fully saturated rings. The van der Waals surface area contributed by atoms with E-state index in [4.69, 9.17) is 0 Å². The minimum absolute atomic E-state index is 0.189. The second-order valence-electron chi connectivity index (χ2n) is 5.92. The number of nitrogens with one attached hydrogen (secondary N) is 2. The second-order valence-corrected chi connectivity index (χ2v) is 7.70. The third kappa shape index (κ3) is 6.92. The molecule has 1 rings (SSSR count). The van der Waals surface area contributed by atoms with E-state index < -0.39 is 16.1 Å². The molecule has 0 bridgehead atoms. The van der Waals surface area contributed by atoms with Crippen molar-refractivity contribution < 1.29 is 13.2 Å². The Hall–Kier alpha value is -0.620. The smallest absolute Gasteiger partial charge is 0.238 e. The molecule has 5 nitrogen and oxygen atoms in total. The number of hydrogen-bond donors (Lipinski definition) is 2. The van der Waals surface area contributed by atoms with E-state index in [1.807, 2.05) is 13.8 Å². The first kappa shape index (κ1) is 16.4. The first-order valence-corrected chi connectivity index (χ1v) is 8.94. The van der Waals surface area contributed by atoms with Gasteiger partial charge in [-0.3, -0.25) is 4.79 Å². The highest BCUT2D eigenvalue weighted by Gasteiger charge is 2.25. The van der Waals surface area contributed by atoms with Gasteiger partial charge in [0.15, 0.2) is 0 Å². The highest BCUT2D eigenvalue weighted by atomic mass is 32.2. The maximum atomic E-state index is 12.2. The largest absolute Gasteiger partial charge is 0.352 e. The normalized spacial score (nSPS) is 19.4. The molecule has 19 heavy (non-hydrogen) atoms. The van der Waals surface area contributed by atoms with Crippen molar-refractivity contribution in [3.63, 3.8) is 0 Å². The molecule has 1 aliphatic rings. The third-order valence-corrected chi connectivity index (χ3v) is 4.04. The molecule has 0 aromatic heterocycles. The van der Waals surface area contributed by atoms with Crippen molar-refractivity contribution in [1.82, 2.24) is 10.0 Å². The summed E-state index contributed by atoms with van der Waals surface area (Å²) in [4.78, 5) is 12.2. The van der Waals surface area contributed by atoms with Gasteiger partial charge in [-0.15, -0.1) is 0 Å². The van der Waals surface area contributed by atoms with E-state index in [1.54, 1.807) is 0 Å². The van der Waals surface area contributed by atoms with Crippen molar-refractivity contribution in [2.45, 2.75) is 64.5 Å². The Kier molecular flexibility index (Phi) is 6.26. The summed E-state index contributed by atoms with van der Waals surface area (Å²) in [5, 5.41) is 2.98. The minimum atomic E-state index is -3.37. The lowest BCUT2D eigenvalue weighted by atomic mass is 9.95. The van der Waals surface area contributed by atoms with Crippen molar-refractivity contribution in [1.29, 1.82) is 0 Å². The fourth-order valence-corrected chi connectivity index (χ4v) is 3.21. The number of rotatable bonds is 6. The molecule has 0 heterocycles. The molecule has 1 atom stereocenters. The van der Waals surface area contributed by atoms with Crippen molar-refractivity contribution in [3.8, 4) is 0 Å². The van der Waals surface area contributed by atoms with Gasteiger partial charge in [0.05, 0.1) is 6.26 Å². The molecule has 0 unspecified atom stereocenters. The van der Waals surface area contributed by atoms with Gasteiger partial charge in [-0.25, -0.2) is 13.1 Å². The van der Waals surface area contributed by atoms with Crippen LogP contribution < -0.4 is 10.0 Å². The summed E-state index contributed by atoms with van der Waals surface area (Å²) in [6.45, 7) is 3.95. The fourth-order valence-electron chi connectivity index (χ4n) is 2.49. The zero-order valence-electron chi connectivity index (χ0n) is 12.1. The van der Waals surface area contributed by atoms with Gasteiger partial charge in [0.2, 0.25) is 15.9 Å². The van der Waals surface area contributed by atoms with Crippen LogP contribution in [0, 0.1) is 5.92 Å². The van der Waals surface area contributed by atoms with Gasteiger partial charge in [0.25, 0.3) is 0 Å². The summed E-state index contributed by atoms with van der Waals surface area (Å²) in [5.74, 6) is 0.0716. The van der Waals surface area contributed by atoms with Crippen LogP contribution in [0.5, 0.6) is 0 Å². The molecular weight excluding hydrogens is 264 g/mol. The highest BCUT2D eigenvalue weighted by molar-refractivity contribution is 7.88. The molecule has 2 N–H and O–H groups in total. The molecule has 1 aliphatic carbocycles. The number of sulfonamides is 1. The van der Waals surface area contributed by atoms with E-state index in [-0.39, 0.29) is 17.9 Å². The Morgan fingerprint density at radius 3 is 2.26 bits per heavy atom. The molecule has 0 radical (unpaired) electrons. The van der Waals surface area contributed by atoms with E-state index >= 15 is 0 Å². The van der Waals surface area contributed by atoms with Crippen LogP contribution in [-0.2, 0) is 14.8 Å². The second kappa shape index (κ2) is 7.24. The van der Waals surface area contributed by atoms with E-state index in [1.165, 1.54) is 6.42 Å². The number of amides is 1. The van der Waals surface area contributed by atoms with Crippen LogP contribution in [0.15, 0.2) is 0 Å². The van der Waals surface area contributed by atoms with Gasteiger partial charge >= 0.3 is 0 Å². The van der Waals surface area contributed by atoms with E-state index in [0.29, 0.717) is 6.42 Å². The Bertz CT molecular complexity index is 387. The SMILES string of the molecule is CC(C)C[C@@H](NS(C)(=O)=O)C(=O)NC1CCCCC1. The van der Waals surface area contributed by atoms with Crippen LogP contribution in [0.4, 0.5) is 0 Å². The Morgan fingerprint density at radius 2 is 1.79 bits per heavy atom. The summed E-state index contributed by atoms with van der Waals surface area (Å²) in [6, 6.07) is -0.450. The molecule has 6 heteroatoms. The quantitative estimate of drug-likeness (QED) is 0.776. The van der Waals surface area contributed by atoms with Crippen molar-refractivity contribution in [3.05, 3.63) is 0 Å².